The van der Waals surface area contributed by atoms with Gasteiger partial charge in [-0.1, -0.05) is 43.7 Å². The minimum atomic E-state index is -0.293. The predicted octanol–water partition coefficient (Wildman–Crippen LogP) is 3.91. The van der Waals surface area contributed by atoms with Crippen molar-refractivity contribution in [3.05, 3.63) is 34.6 Å². The van der Waals surface area contributed by atoms with Gasteiger partial charge in [0.25, 0.3) is 5.56 Å². The fourth-order valence-electron chi connectivity index (χ4n) is 3.38. The molecular weight excluding hydrogens is 346 g/mol. The average Bonchev–Trinajstić information content (AvgIpc) is 3.14. The molecule has 1 amide bonds. The van der Waals surface area contributed by atoms with Crippen molar-refractivity contribution in [3.8, 4) is 0 Å². The molecule has 1 fully saturated rings. The Morgan fingerprint density at radius 3 is 2.69 bits per heavy atom. The summed E-state index contributed by atoms with van der Waals surface area (Å²) in [7, 11) is 0. The smallest absolute Gasteiger partial charge is 0.262 e. The van der Waals surface area contributed by atoms with Gasteiger partial charge in [0.1, 0.15) is 0 Å². The Bertz CT molecular complexity index is 843. The summed E-state index contributed by atoms with van der Waals surface area (Å²) in [6, 6.07) is 7.74. The van der Waals surface area contributed by atoms with Crippen LogP contribution in [0.2, 0.25) is 0 Å². The topological polar surface area (TPSA) is 64.0 Å². The quantitative estimate of drug-likeness (QED) is 0.616. The van der Waals surface area contributed by atoms with E-state index in [9.17, 15) is 9.59 Å². The van der Waals surface area contributed by atoms with E-state index in [1.165, 1.54) is 24.6 Å². The van der Waals surface area contributed by atoms with Crippen LogP contribution in [-0.4, -0.2) is 26.8 Å². The molecule has 1 aliphatic carbocycles. The molecule has 1 aliphatic rings. The van der Waals surface area contributed by atoms with Crippen LogP contribution in [0, 0.1) is 0 Å². The number of amides is 1. The summed E-state index contributed by atoms with van der Waals surface area (Å²) >= 11 is 1.37. The summed E-state index contributed by atoms with van der Waals surface area (Å²) in [5.74, 6) is 0.0278. The van der Waals surface area contributed by atoms with Crippen molar-refractivity contribution in [2.75, 3.05) is 0 Å². The number of thioether (sulfide) groups is 1. The van der Waals surface area contributed by atoms with Gasteiger partial charge in [-0.05, 0) is 45.2 Å². The Morgan fingerprint density at radius 2 is 2.00 bits per heavy atom. The highest BCUT2D eigenvalue weighted by atomic mass is 32.2. The third-order valence-corrected chi connectivity index (χ3v) is 6.23. The van der Waals surface area contributed by atoms with Gasteiger partial charge in [-0.2, -0.15) is 0 Å². The maximum atomic E-state index is 13.0. The van der Waals surface area contributed by atoms with Gasteiger partial charge in [-0.25, -0.2) is 4.98 Å². The van der Waals surface area contributed by atoms with E-state index in [4.69, 9.17) is 4.98 Å². The highest BCUT2D eigenvalue weighted by Gasteiger charge is 2.24. The standard InChI is InChI=1S/C20H27N3O2S/c1-4-13(2)23-19(25)16-11-7-8-12-17(16)22-20(23)26-14(3)18(24)21-15-9-5-6-10-15/h7-8,11-15H,4-6,9-10H2,1-3H3,(H,21,24). The summed E-state index contributed by atoms with van der Waals surface area (Å²) in [4.78, 5) is 30.2. The molecule has 1 saturated carbocycles. The molecule has 1 N–H and O–H groups in total. The molecule has 1 heterocycles. The number of benzene rings is 1. The van der Waals surface area contributed by atoms with E-state index >= 15 is 0 Å². The Hall–Kier alpha value is -1.82. The monoisotopic (exact) mass is 373 g/mol. The second-order valence-corrected chi connectivity index (χ2v) is 8.40. The highest BCUT2D eigenvalue weighted by Crippen LogP contribution is 2.26. The number of hydrogen-bond acceptors (Lipinski definition) is 4. The molecule has 3 rings (SSSR count). The molecule has 2 unspecified atom stereocenters. The Kier molecular flexibility index (Phi) is 6.01. The molecule has 1 aromatic heterocycles. The van der Waals surface area contributed by atoms with Crippen LogP contribution in [-0.2, 0) is 4.79 Å². The lowest BCUT2D eigenvalue weighted by Crippen LogP contribution is -2.38. The lowest BCUT2D eigenvalue weighted by atomic mass is 10.2. The number of aromatic nitrogens is 2. The van der Waals surface area contributed by atoms with Crippen molar-refractivity contribution in [1.82, 2.24) is 14.9 Å². The number of para-hydroxylation sites is 1. The van der Waals surface area contributed by atoms with Gasteiger partial charge in [-0.3, -0.25) is 14.2 Å². The van der Waals surface area contributed by atoms with Crippen LogP contribution < -0.4 is 10.9 Å². The van der Waals surface area contributed by atoms with Crippen LogP contribution in [0.4, 0.5) is 0 Å². The molecule has 0 radical (unpaired) electrons. The van der Waals surface area contributed by atoms with Crippen molar-refractivity contribution < 1.29 is 4.79 Å². The second kappa shape index (κ2) is 8.25. The Labute approximate surface area is 158 Å². The van der Waals surface area contributed by atoms with Gasteiger partial charge in [0.2, 0.25) is 5.91 Å². The maximum Gasteiger partial charge on any atom is 0.262 e. The number of rotatable bonds is 6. The lowest BCUT2D eigenvalue weighted by molar-refractivity contribution is -0.120. The zero-order valence-corrected chi connectivity index (χ0v) is 16.5. The normalized spacial score (nSPS) is 17.3. The minimum Gasteiger partial charge on any atom is -0.352 e. The van der Waals surface area contributed by atoms with Crippen molar-refractivity contribution in [2.45, 2.75) is 75.4 Å². The SMILES string of the molecule is CCC(C)n1c(SC(C)C(=O)NC2CCCC2)nc2ccccc2c1=O. The third kappa shape index (κ3) is 3.95. The summed E-state index contributed by atoms with van der Waals surface area (Å²) < 4.78 is 1.74. The van der Waals surface area contributed by atoms with Crippen LogP contribution in [0.1, 0.15) is 58.9 Å². The van der Waals surface area contributed by atoms with Crippen molar-refractivity contribution in [2.24, 2.45) is 0 Å². The van der Waals surface area contributed by atoms with Crippen LogP contribution >= 0.6 is 11.8 Å². The molecule has 2 aromatic rings. The molecule has 0 saturated heterocycles. The molecular formula is C20H27N3O2S. The molecule has 2 atom stereocenters. The minimum absolute atomic E-state index is 0.0278. The first kappa shape index (κ1) is 19.0. The zero-order chi connectivity index (χ0) is 18.7. The Morgan fingerprint density at radius 1 is 1.31 bits per heavy atom. The van der Waals surface area contributed by atoms with E-state index in [1.807, 2.05) is 38.1 Å². The molecule has 0 spiro atoms. The van der Waals surface area contributed by atoms with E-state index in [-0.39, 0.29) is 22.8 Å². The van der Waals surface area contributed by atoms with E-state index < -0.39 is 0 Å². The fraction of sp³-hybridized carbons (Fsp3) is 0.550. The summed E-state index contributed by atoms with van der Waals surface area (Å²) in [6.45, 7) is 5.96. The lowest BCUT2D eigenvalue weighted by Gasteiger charge is -2.21. The van der Waals surface area contributed by atoms with Crippen LogP contribution in [0.3, 0.4) is 0 Å². The van der Waals surface area contributed by atoms with Crippen molar-refractivity contribution >= 4 is 28.6 Å². The molecule has 26 heavy (non-hydrogen) atoms. The van der Waals surface area contributed by atoms with Gasteiger partial charge >= 0.3 is 0 Å². The summed E-state index contributed by atoms with van der Waals surface area (Å²) in [5.41, 5.74) is 0.652. The first-order valence-corrected chi connectivity index (χ1v) is 10.4. The number of hydrogen-bond donors (Lipinski definition) is 1. The van der Waals surface area contributed by atoms with Crippen LogP contribution in [0.5, 0.6) is 0 Å². The van der Waals surface area contributed by atoms with Crippen LogP contribution in [0.25, 0.3) is 10.9 Å². The molecule has 5 nitrogen and oxygen atoms in total. The van der Waals surface area contributed by atoms with E-state index in [1.54, 1.807) is 4.57 Å². The van der Waals surface area contributed by atoms with Crippen LogP contribution in [0.15, 0.2) is 34.2 Å². The molecule has 6 heteroatoms. The molecule has 0 bridgehead atoms. The molecule has 1 aromatic carbocycles. The molecule has 0 aliphatic heterocycles. The highest BCUT2D eigenvalue weighted by molar-refractivity contribution is 8.00. The maximum absolute atomic E-state index is 13.0. The number of nitrogens with one attached hydrogen (secondary N) is 1. The van der Waals surface area contributed by atoms with Gasteiger partial charge in [0.15, 0.2) is 5.16 Å². The van der Waals surface area contributed by atoms with Gasteiger partial charge in [0.05, 0.1) is 16.2 Å². The van der Waals surface area contributed by atoms with E-state index in [2.05, 4.69) is 12.2 Å². The largest absolute Gasteiger partial charge is 0.352 e. The molecule has 140 valence electrons. The van der Waals surface area contributed by atoms with E-state index in [0.29, 0.717) is 22.1 Å². The second-order valence-electron chi connectivity index (χ2n) is 7.09. The number of nitrogens with zero attached hydrogens (tertiary/aromatic N) is 2. The predicted molar refractivity (Wildman–Crippen MR) is 107 cm³/mol. The fourth-order valence-corrected chi connectivity index (χ4v) is 4.40. The number of fused-ring (bicyclic) bond motifs is 1. The van der Waals surface area contributed by atoms with Gasteiger partial charge in [0, 0.05) is 12.1 Å². The summed E-state index contributed by atoms with van der Waals surface area (Å²) in [5, 5.41) is 4.09. The first-order chi connectivity index (χ1) is 12.5. The first-order valence-electron chi connectivity index (χ1n) is 9.49. The number of carbonyl (C=O) groups is 1. The van der Waals surface area contributed by atoms with Crippen molar-refractivity contribution in [1.29, 1.82) is 0 Å². The third-order valence-electron chi connectivity index (χ3n) is 5.16. The number of carbonyl (C=O) groups excluding carboxylic acids is 1. The zero-order valence-electron chi connectivity index (χ0n) is 15.7. The van der Waals surface area contributed by atoms with Gasteiger partial charge < -0.3 is 5.32 Å². The average molecular weight is 374 g/mol. The van der Waals surface area contributed by atoms with Crippen molar-refractivity contribution in [3.63, 3.8) is 0 Å². The Balaban J connectivity index is 1.90. The summed E-state index contributed by atoms with van der Waals surface area (Å²) in [6.07, 6.45) is 5.33. The van der Waals surface area contributed by atoms with Gasteiger partial charge in [-0.15, -0.1) is 0 Å². The van der Waals surface area contributed by atoms with E-state index in [0.717, 1.165) is 19.3 Å².